The Morgan fingerprint density at radius 1 is 1.47 bits per heavy atom. The predicted octanol–water partition coefficient (Wildman–Crippen LogP) is -0.300. The van der Waals surface area contributed by atoms with Gasteiger partial charge in [-0.15, -0.1) is 35.9 Å². The van der Waals surface area contributed by atoms with Gasteiger partial charge in [0.2, 0.25) is 0 Å². The second-order valence-corrected chi connectivity index (χ2v) is 4.34. The Morgan fingerprint density at radius 2 is 2.20 bits per heavy atom. The SMILES string of the molecule is CC1(C)COC(c2[c-]c(Cl)ccc2)=N1.[Li+]. The molecule has 0 unspecified atom stereocenters. The Bertz CT molecular complexity index is 390. The van der Waals surface area contributed by atoms with Crippen molar-refractivity contribution in [2.24, 2.45) is 4.99 Å². The zero-order chi connectivity index (χ0) is 10.2. The largest absolute Gasteiger partial charge is 1.00 e. The molecule has 1 aliphatic heterocycles. The number of hydrogen-bond acceptors (Lipinski definition) is 2. The van der Waals surface area contributed by atoms with E-state index in [0.717, 1.165) is 5.56 Å². The Labute approximate surface area is 107 Å². The average Bonchev–Trinajstić information content (AvgIpc) is 2.46. The van der Waals surface area contributed by atoms with Crippen LogP contribution in [0.5, 0.6) is 0 Å². The maximum Gasteiger partial charge on any atom is 1.00 e. The maximum atomic E-state index is 5.83. The summed E-state index contributed by atoms with van der Waals surface area (Å²) in [6.45, 7) is 4.68. The molecule has 1 aromatic rings. The second-order valence-electron chi connectivity index (χ2n) is 3.93. The molecule has 0 fully saturated rings. The van der Waals surface area contributed by atoms with Gasteiger partial charge in [-0.1, -0.05) is 5.56 Å². The van der Waals surface area contributed by atoms with Crippen molar-refractivity contribution >= 4 is 17.5 Å². The monoisotopic (exact) mass is 215 g/mol. The smallest absolute Gasteiger partial charge is 0.518 e. The van der Waals surface area contributed by atoms with E-state index < -0.39 is 0 Å². The molecule has 0 N–H and O–H groups in total. The molecule has 2 nitrogen and oxygen atoms in total. The summed E-state index contributed by atoms with van der Waals surface area (Å²) in [5.41, 5.74) is 0.689. The molecule has 15 heavy (non-hydrogen) atoms. The zero-order valence-electron chi connectivity index (χ0n) is 9.17. The van der Waals surface area contributed by atoms with Gasteiger partial charge in [-0.2, -0.15) is 0 Å². The Hall–Kier alpha value is -0.423. The molecule has 0 amide bonds. The number of aliphatic imine (C=N–C) groups is 1. The summed E-state index contributed by atoms with van der Waals surface area (Å²) < 4.78 is 5.47. The molecule has 1 aliphatic rings. The first kappa shape index (κ1) is 12.6. The third-order valence-electron chi connectivity index (χ3n) is 1.96. The van der Waals surface area contributed by atoms with Crippen molar-refractivity contribution in [2.45, 2.75) is 19.4 Å². The Kier molecular flexibility index (Phi) is 3.89. The molecule has 1 heterocycles. The van der Waals surface area contributed by atoms with E-state index in [2.05, 4.69) is 11.1 Å². The van der Waals surface area contributed by atoms with Crippen molar-refractivity contribution in [1.82, 2.24) is 0 Å². The minimum Gasteiger partial charge on any atom is -0.518 e. The van der Waals surface area contributed by atoms with Gasteiger partial charge >= 0.3 is 18.9 Å². The van der Waals surface area contributed by atoms with Crippen molar-refractivity contribution in [1.29, 1.82) is 0 Å². The molecule has 0 spiro atoms. The van der Waals surface area contributed by atoms with Crippen LogP contribution in [0.4, 0.5) is 0 Å². The van der Waals surface area contributed by atoms with Gasteiger partial charge in [-0.3, -0.25) is 4.99 Å². The summed E-state index contributed by atoms with van der Waals surface area (Å²) in [5.74, 6) is 0.637. The molecule has 1 aromatic carbocycles. The van der Waals surface area contributed by atoms with E-state index in [1.54, 1.807) is 6.07 Å². The van der Waals surface area contributed by atoms with Gasteiger partial charge in [0, 0.05) is 0 Å². The first-order chi connectivity index (χ1) is 6.57. The minimum absolute atomic E-state index is 0. The summed E-state index contributed by atoms with van der Waals surface area (Å²) >= 11 is 5.83. The summed E-state index contributed by atoms with van der Waals surface area (Å²) in [5, 5.41) is 0.582. The van der Waals surface area contributed by atoms with Gasteiger partial charge in [-0.25, -0.2) is 0 Å². The molecule has 0 aromatic heterocycles. The molecule has 2 rings (SSSR count). The van der Waals surface area contributed by atoms with Crippen LogP contribution >= 0.6 is 11.6 Å². The van der Waals surface area contributed by atoms with Gasteiger partial charge in [0.05, 0.1) is 5.54 Å². The van der Waals surface area contributed by atoms with E-state index in [-0.39, 0.29) is 24.4 Å². The van der Waals surface area contributed by atoms with E-state index >= 15 is 0 Å². The van der Waals surface area contributed by atoms with Gasteiger partial charge in [0.15, 0.2) is 0 Å². The van der Waals surface area contributed by atoms with Crippen molar-refractivity contribution in [2.75, 3.05) is 6.61 Å². The van der Waals surface area contributed by atoms with E-state index in [4.69, 9.17) is 16.3 Å². The van der Waals surface area contributed by atoms with Crippen molar-refractivity contribution < 1.29 is 23.6 Å². The third kappa shape index (κ3) is 3.01. The van der Waals surface area contributed by atoms with E-state index in [1.807, 2.05) is 26.0 Å². The third-order valence-corrected chi connectivity index (χ3v) is 2.18. The van der Waals surface area contributed by atoms with Gasteiger partial charge in [0.1, 0.15) is 12.5 Å². The summed E-state index contributed by atoms with van der Waals surface area (Å²) in [6.07, 6.45) is 0. The van der Waals surface area contributed by atoms with E-state index in [9.17, 15) is 0 Å². The molecule has 0 saturated heterocycles. The Morgan fingerprint density at radius 3 is 2.73 bits per heavy atom. The number of rotatable bonds is 1. The molecule has 0 bridgehead atoms. The fourth-order valence-corrected chi connectivity index (χ4v) is 1.46. The van der Waals surface area contributed by atoms with Gasteiger partial charge in [0.25, 0.3) is 0 Å². The normalized spacial score (nSPS) is 17.7. The summed E-state index contributed by atoms with van der Waals surface area (Å²) in [4.78, 5) is 4.44. The molecular weight excluding hydrogens is 205 g/mol. The van der Waals surface area contributed by atoms with Crippen molar-refractivity contribution in [3.8, 4) is 0 Å². The van der Waals surface area contributed by atoms with Crippen LogP contribution in [0.1, 0.15) is 19.4 Å². The zero-order valence-corrected chi connectivity index (χ0v) is 9.93. The molecule has 0 aliphatic carbocycles. The first-order valence-electron chi connectivity index (χ1n) is 4.48. The molecule has 0 radical (unpaired) electrons. The maximum absolute atomic E-state index is 5.83. The molecule has 4 heteroatoms. The van der Waals surface area contributed by atoms with Crippen LogP contribution in [0, 0.1) is 6.07 Å². The standard InChI is InChI=1S/C11H11ClNO.Li/c1-11(2)7-14-10(13-11)8-4-3-5-9(12)6-8;/h3-5H,7H2,1-2H3;/q-1;+1. The van der Waals surface area contributed by atoms with Crippen LogP contribution in [0.15, 0.2) is 23.2 Å². The number of ether oxygens (including phenoxy) is 1. The number of benzene rings is 1. The van der Waals surface area contributed by atoms with Gasteiger partial charge < -0.3 is 4.74 Å². The van der Waals surface area contributed by atoms with Crippen molar-refractivity contribution in [3.63, 3.8) is 0 Å². The number of hydrogen-bond donors (Lipinski definition) is 0. The van der Waals surface area contributed by atoms with Gasteiger partial charge in [-0.05, 0) is 18.9 Å². The molecular formula is C11H11ClLiNO. The average molecular weight is 216 g/mol. The second kappa shape index (κ2) is 4.61. The van der Waals surface area contributed by atoms with Crippen LogP contribution in [0.25, 0.3) is 0 Å². The Balaban J connectivity index is 0.00000112. The van der Waals surface area contributed by atoms with E-state index in [1.165, 1.54) is 0 Å². The number of halogens is 1. The van der Waals surface area contributed by atoms with Crippen LogP contribution < -0.4 is 18.9 Å². The summed E-state index contributed by atoms with van der Waals surface area (Å²) in [6, 6.07) is 8.54. The van der Waals surface area contributed by atoms with Crippen LogP contribution in [-0.2, 0) is 4.74 Å². The quantitative estimate of drug-likeness (QED) is 0.466. The summed E-state index contributed by atoms with van der Waals surface area (Å²) in [7, 11) is 0. The first-order valence-corrected chi connectivity index (χ1v) is 4.85. The van der Waals surface area contributed by atoms with Crippen molar-refractivity contribution in [3.05, 3.63) is 34.9 Å². The van der Waals surface area contributed by atoms with Crippen LogP contribution in [0.2, 0.25) is 5.02 Å². The molecule has 0 saturated carbocycles. The fraction of sp³-hybridized carbons (Fsp3) is 0.364. The van der Waals surface area contributed by atoms with Crippen LogP contribution in [0.3, 0.4) is 0 Å². The molecule has 74 valence electrons. The number of nitrogens with zero attached hydrogens (tertiary/aromatic N) is 1. The molecule has 0 atom stereocenters. The van der Waals surface area contributed by atoms with Crippen LogP contribution in [-0.4, -0.2) is 18.0 Å². The predicted molar refractivity (Wildman–Crippen MR) is 56.9 cm³/mol. The topological polar surface area (TPSA) is 21.6 Å². The van der Waals surface area contributed by atoms with E-state index in [0.29, 0.717) is 17.5 Å². The fourth-order valence-electron chi connectivity index (χ4n) is 1.29. The minimum atomic E-state index is -0.133.